The zero-order valence-electron chi connectivity index (χ0n) is 14.9. The molecule has 1 atom stereocenters. The summed E-state index contributed by atoms with van der Waals surface area (Å²) in [5.74, 6) is 0.214. The number of nitrogens with one attached hydrogen (secondary N) is 1. The highest BCUT2D eigenvalue weighted by atomic mass is 16.1. The number of rotatable bonds is 6. The highest BCUT2D eigenvalue weighted by Crippen LogP contribution is 2.25. The van der Waals surface area contributed by atoms with Crippen molar-refractivity contribution in [2.24, 2.45) is 0 Å². The van der Waals surface area contributed by atoms with E-state index in [4.69, 9.17) is 0 Å². The number of carbonyl (C=O) groups excluding carboxylic acids is 1. The Hall–Kier alpha value is -3.13. The van der Waals surface area contributed by atoms with Gasteiger partial charge in [-0.1, -0.05) is 84.9 Å². The van der Waals surface area contributed by atoms with Crippen LogP contribution in [0.25, 0.3) is 6.08 Å². The molecule has 0 aromatic heterocycles. The van der Waals surface area contributed by atoms with E-state index in [1.54, 1.807) is 0 Å². The lowest BCUT2D eigenvalue weighted by atomic mass is 9.91. The van der Waals surface area contributed by atoms with Crippen LogP contribution < -0.4 is 5.32 Å². The lowest BCUT2D eigenvalue weighted by molar-refractivity contribution is -0.114. The van der Waals surface area contributed by atoms with E-state index in [1.807, 2.05) is 36.4 Å². The van der Waals surface area contributed by atoms with Crippen LogP contribution in [0.4, 0.5) is 5.69 Å². The van der Waals surface area contributed by atoms with Crippen molar-refractivity contribution in [1.29, 1.82) is 0 Å². The summed E-state index contributed by atoms with van der Waals surface area (Å²) in [5.41, 5.74) is 4.56. The highest BCUT2D eigenvalue weighted by molar-refractivity contribution is 5.88. The van der Waals surface area contributed by atoms with Gasteiger partial charge in [0, 0.05) is 18.5 Å². The summed E-state index contributed by atoms with van der Waals surface area (Å²) in [6, 6.07) is 29.0. The average molecular weight is 341 g/mol. The molecule has 0 saturated carbocycles. The number of hydrogen-bond donors (Lipinski definition) is 1. The first-order valence-corrected chi connectivity index (χ1v) is 8.85. The van der Waals surface area contributed by atoms with E-state index >= 15 is 0 Å². The third kappa shape index (κ3) is 5.18. The van der Waals surface area contributed by atoms with Gasteiger partial charge in [0.25, 0.3) is 0 Å². The summed E-state index contributed by atoms with van der Waals surface area (Å²) >= 11 is 0. The normalized spacial score (nSPS) is 12.0. The van der Waals surface area contributed by atoms with Gasteiger partial charge < -0.3 is 5.32 Å². The summed E-state index contributed by atoms with van der Waals surface area (Å²) in [7, 11) is 0. The number of hydrogen-bond acceptors (Lipinski definition) is 1. The van der Waals surface area contributed by atoms with E-state index in [0.29, 0.717) is 0 Å². The van der Waals surface area contributed by atoms with Crippen molar-refractivity contribution in [3.8, 4) is 0 Å². The molecule has 0 aliphatic rings. The fraction of sp³-hybridized carbons (Fsp3) is 0.125. The van der Waals surface area contributed by atoms with Crippen LogP contribution in [0.3, 0.4) is 0 Å². The number of benzene rings is 3. The predicted molar refractivity (Wildman–Crippen MR) is 109 cm³/mol. The largest absolute Gasteiger partial charge is 0.326 e. The Morgan fingerprint density at radius 2 is 1.50 bits per heavy atom. The molecule has 0 aliphatic carbocycles. The molecule has 0 radical (unpaired) electrons. The van der Waals surface area contributed by atoms with Crippen LogP contribution in [0.1, 0.15) is 29.5 Å². The molecule has 2 heteroatoms. The maximum atomic E-state index is 11.2. The zero-order valence-corrected chi connectivity index (χ0v) is 14.9. The van der Waals surface area contributed by atoms with Crippen LogP contribution >= 0.6 is 0 Å². The lowest BCUT2D eigenvalue weighted by Gasteiger charge is -2.15. The van der Waals surface area contributed by atoms with Gasteiger partial charge in [0.1, 0.15) is 0 Å². The van der Waals surface area contributed by atoms with Crippen LogP contribution in [-0.2, 0) is 11.2 Å². The van der Waals surface area contributed by atoms with Gasteiger partial charge in [-0.05, 0) is 35.2 Å². The van der Waals surface area contributed by atoms with E-state index in [9.17, 15) is 4.79 Å². The number of carbonyl (C=O) groups is 1. The van der Waals surface area contributed by atoms with Gasteiger partial charge in [-0.25, -0.2) is 0 Å². The Morgan fingerprint density at radius 3 is 2.12 bits per heavy atom. The zero-order chi connectivity index (χ0) is 18.2. The molecule has 1 N–H and O–H groups in total. The summed E-state index contributed by atoms with van der Waals surface area (Å²) in [4.78, 5) is 11.2. The Bertz CT molecular complexity index is 852. The summed E-state index contributed by atoms with van der Waals surface area (Å²) in [6.45, 7) is 1.52. The minimum absolute atomic E-state index is 0.0532. The van der Waals surface area contributed by atoms with Gasteiger partial charge >= 0.3 is 0 Å². The monoisotopic (exact) mass is 341 g/mol. The number of amides is 1. The smallest absolute Gasteiger partial charge is 0.221 e. The molecular weight excluding hydrogens is 318 g/mol. The summed E-state index contributed by atoms with van der Waals surface area (Å²) in [5, 5.41) is 2.82. The second-order valence-corrected chi connectivity index (χ2v) is 6.37. The second-order valence-electron chi connectivity index (χ2n) is 6.37. The Labute approximate surface area is 155 Å². The van der Waals surface area contributed by atoms with Crippen LogP contribution in [0.15, 0.2) is 91.0 Å². The SMILES string of the molecule is CC(=O)Nc1ccc(C(/C=C/c2ccccc2)Cc2ccccc2)cc1. The molecular formula is C24H23NO. The van der Waals surface area contributed by atoms with Crippen molar-refractivity contribution in [2.45, 2.75) is 19.3 Å². The minimum Gasteiger partial charge on any atom is -0.326 e. The van der Waals surface area contributed by atoms with Crippen molar-refractivity contribution in [3.63, 3.8) is 0 Å². The van der Waals surface area contributed by atoms with Crippen LogP contribution in [0, 0.1) is 0 Å². The van der Waals surface area contributed by atoms with Crippen molar-refractivity contribution >= 4 is 17.7 Å². The molecule has 1 unspecified atom stereocenters. The van der Waals surface area contributed by atoms with E-state index < -0.39 is 0 Å². The third-order valence-electron chi connectivity index (χ3n) is 4.28. The Morgan fingerprint density at radius 1 is 0.885 bits per heavy atom. The van der Waals surface area contributed by atoms with Crippen molar-refractivity contribution in [1.82, 2.24) is 0 Å². The molecule has 1 amide bonds. The first-order valence-electron chi connectivity index (χ1n) is 8.85. The van der Waals surface area contributed by atoms with Crippen LogP contribution in [0.2, 0.25) is 0 Å². The van der Waals surface area contributed by atoms with Gasteiger partial charge in [-0.15, -0.1) is 0 Å². The van der Waals surface area contributed by atoms with Gasteiger partial charge in [-0.2, -0.15) is 0 Å². The molecule has 0 aliphatic heterocycles. The van der Waals surface area contributed by atoms with Gasteiger partial charge in [0.2, 0.25) is 5.91 Å². The molecule has 130 valence electrons. The molecule has 2 nitrogen and oxygen atoms in total. The molecule has 0 heterocycles. The Kier molecular flexibility index (Phi) is 6.00. The van der Waals surface area contributed by atoms with Crippen molar-refractivity contribution < 1.29 is 4.79 Å². The molecule has 0 fully saturated rings. The van der Waals surface area contributed by atoms with E-state index in [2.05, 4.69) is 66.0 Å². The topological polar surface area (TPSA) is 29.1 Å². The van der Waals surface area contributed by atoms with E-state index in [0.717, 1.165) is 12.1 Å². The van der Waals surface area contributed by atoms with Crippen LogP contribution in [0.5, 0.6) is 0 Å². The van der Waals surface area contributed by atoms with E-state index in [-0.39, 0.29) is 11.8 Å². The molecule has 3 aromatic carbocycles. The maximum Gasteiger partial charge on any atom is 0.221 e. The van der Waals surface area contributed by atoms with Crippen molar-refractivity contribution in [2.75, 3.05) is 5.32 Å². The lowest BCUT2D eigenvalue weighted by Crippen LogP contribution is -2.06. The second kappa shape index (κ2) is 8.82. The number of anilines is 1. The van der Waals surface area contributed by atoms with Crippen LogP contribution in [-0.4, -0.2) is 5.91 Å². The van der Waals surface area contributed by atoms with Gasteiger partial charge in [0.15, 0.2) is 0 Å². The standard InChI is InChI=1S/C24H23NO/c1-19(26)25-24-16-14-22(15-17-24)23(18-21-10-6-3-7-11-21)13-12-20-8-4-2-5-9-20/h2-17,23H,18H2,1H3,(H,25,26)/b13-12+. The van der Waals surface area contributed by atoms with Gasteiger partial charge in [0.05, 0.1) is 0 Å². The average Bonchev–Trinajstić information content (AvgIpc) is 2.67. The first-order chi connectivity index (χ1) is 12.7. The minimum atomic E-state index is -0.0532. The summed E-state index contributed by atoms with van der Waals surface area (Å²) < 4.78 is 0. The molecule has 0 saturated heterocycles. The van der Waals surface area contributed by atoms with Gasteiger partial charge in [-0.3, -0.25) is 4.79 Å². The highest BCUT2D eigenvalue weighted by Gasteiger charge is 2.10. The molecule has 3 rings (SSSR count). The third-order valence-corrected chi connectivity index (χ3v) is 4.28. The quantitative estimate of drug-likeness (QED) is 0.613. The molecule has 0 bridgehead atoms. The first kappa shape index (κ1) is 17.7. The Balaban J connectivity index is 1.84. The molecule has 26 heavy (non-hydrogen) atoms. The maximum absolute atomic E-state index is 11.2. The fourth-order valence-corrected chi connectivity index (χ4v) is 2.97. The van der Waals surface area contributed by atoms with Crippen molar-refractivity contribution in [3.05, 3.63) is 108 Å². The summed E-state index contributed by atoms with van der Waals surface area (Å²) in [6.07, 6.45) is 5.37. The molecule has 3 aromatic rings. The van der Waals surface area contributed by atoms with E-state index in [1.165, 1.54) is 23.6 Å². The number of allylic oxidation sites excluding steroid dienone is 1. The molecule has 0 spiro atoms. The fourth-order valence-electron chi connectivity index (χ4n) is 2.97. The predicted octanol–water partition coefficient (Wildman–Crippen LogP) is 5.68.